The van der Waals surface area contributed by atoms with Crippen molar-refractivity contribution < 1.29 is 27.6 Å². The monoisotopic (exact) mass is 443 g/mol. The van der Waals surface area contributed by atoms with Crippen LogP contribution in [0.5, 0.6) is 11.5 Å². The number of ether oxygens (including phenoxy) is 1. The predicted octanol–water partition coefficient (Wildman–Crippen LogP) is 4.70. The third kappa shape index (κ3) is 4.48. The van der Waals surface area contributed by atoms with Crippen molar-refractivity contribution in [2.75, 3.05) is 5.32 Å². The molecule has 2 heterocycles. The molecule has 0 bridgehead atoms. The van der Waals surface area contributed by atoms with Crippen LogP contribution < -0.4 is 10.1 Å². The molecule has 0 spiro atoms. The fraction of sp³-hybridized carbons (Fsp3) is 0.0500. The van der Waals surface area contributed by atoms with Crippen LogP contribution in [0.3, 0.4) is 0 Å². The Hall–Kier alpha value is -4.48. The quantitative estimate of drug-likeness (QED) is 0.354. The van der Waals surface area contributed by atoms with Gasteiger partial charge in [-0.2, -0.15) is 18.3 Å². The van der Waals surface area contributed by atoms with E-state index in [0.29, 0.717) is 5.65 Å². The molecular weight excluding hydrogens is 431 g/mol. The van der Waals surface area contributed by atoms with Crippen LogP contribution in [0.25, 0.3) is 5.65 Å². The second-order valence-electron chi connectivity index (χ2n) is 6.51. The number of nitrogens with zero attached hydrogens (tertiary/aromatic N) is 4. The lowest BCUT2D eigenvalue weighted by Crippen LogP contribution is -2.13. The Bertz CT molecular complexity index is 1300. The number of carbonyl (C=O) groups excluding carboxylic acids is 1. The molecule has 0 unspecified atom stereocenters. The summed E-state index contributed by atoms with van der Waals surface area (Å²) in [5.41, 5.74) is -0.937. The van der Waals surface area contributed by atoms with E-state index < -0.39 is 28.3 Å². The summed E-state index contributed by atoms with van der Waals surface area (Å²) < 4.78 is 45.5. The van der Waals surface area contributed by atoms with Crippen LogP contribution in [0.4, 0.5) is 24.5 Å². The normalized spacial score (nSPS) is 11.3. The summed E-state index contributed by atoms with van der Waals surface area (Å²) in [7, 11) is 0. The van der Waals surface area contributed by atoms with Gasteiger partial charge in [-0.25, -0.2) is 9.50 Å². The van der Waals surface area contributed by atoms with E-state index in [9.17, 15) is 28.1 Å². The standard InChI is InChI=1S/C20H12F3N5O4/c21-20(22,23)12-3-1-4-15(7-12)32-16-9-13(8-14(10-16)28(30)31)25-19(29)17-11-18-24-5-2-6-27(18)26-17/h1-11H,(H,25,29). The van der Waals surface area contributed by atoms with Crippen LogP contribution >= 0.6 is 0 Å². The summed E-state index contributed by atoms with van der Waals surface area (Å²) in [6, 6.07) is 10.5. The second-order valence-corrected chi connectivity index (χ2v) is 6.51. The number of amides is 1. The van der Waals surface area contributed by atoms with Gasteiger partial charge in [-0.1, -0.05) is 6.07 Å². The molecule has 4 rings (SSSR count). The second kappa shape index (κ2) is 7.98. The maximum atomic E-state index is 12.9. The van der Waals surface area contributed by atoms with Crippen molar-refractivity contribution in [3.63, 3.8) is 0 Å². The van der Waals surface area contributed by atoms with Crippen LogP contribution in [0.1, 0.15) is 16.1 Å². The number of benzene rings is 2. The van der Waals surface area contributed by atoms with Gasteiger partial charge in [-0.3, -0.25) is 14.9 Å². The largest absolute Gasteiger partial charge is 0.457 e. The fourth-order valence-electron chi connectivity index (χ4n) is 2.83. The van der Waals surface area contributed by atoms with Crippen LogP contribution in [-0.4, -0.2) is 25.4 Å². The molecule has 162 valence electrons. The topological polar surface area (TPSA) is 112 Å². The summed E-state index contributed by atoms with van der Waals surface area (Å²) in [5.74, 6) is -0.976. The molecule has 0 fully saturated rings. The van der Waals surface area contributed by atoms with Crippen LogP contribution in [0, 0.1) is 10.1 Å². The van der Waals surface area contributed by atoms with Gasteiger partial charge in [0, 0.05) is 30.6 Å². The summed E-state index contributed by atoms with van der Waals surface area (Å²) in [4.78, 5) is 27.1. The van der Waals surface area contributed by atoms with Gasteiger partial charge in [0.2, 0.25) is 0 Å². The van der Waals surface area contributed by atoms with Gasteiger partial charge in [-0.15, -0.1) is 0 Å². The third-order valence-electron chi connectivity index (χ3n) is 4.23. The van der Waals surface area contributed by atoms with Crippen LogP contribution in [0.15, 0.2) is 67.0 Å². The lowest BCUT2D eigenvalue weighted by molar-refractivity contribution is -0.384. The maximum absolute atomic E-state index is 12.9. The molecule has 0 aliphatic heterocycles. The van der Waals surface area contributed by atoms with E-state index in [2.05, 4.69) is 15.4 Å². The van der Waals surface area contributed by atoms with Gasteiger partial charge in [-0.05, 0) is 24.3 Å². The first-order valence-corrected chi connectivity index (χ1v) is 8.95. The number of anilines is 1. The molecule has 32 heavy (non-hydrogen) atoms. The van der Waals surface area contributed by atoms with Gasteiger partial charge in [0.25, 0.3) is 11.6 Å². The zero-order valence-electron chi connectivity index (χ0n) is 15.9. The molecular formula is C20H12F3N5O4. The minimum Gasteiger partial charge on any atom is -0.457 e. The maximum Gasteiger partial charge on any atom is 0.416 e. The van der Waals surface area contributed by atoms with Crippen molar-refractivity contribution in [1.29, 1.82) is 0 Å². The molecule has 2 aromatic carbocycles. The average molecular weight is 443 g/mol. The molecule has 2 aromatic heterocycles. The van der Waals surface area contributed by atoms with Crippen LogP contribution in [0.2, 0.25) is 0 Å². The average Bonchev–Trinajstić information content (AvgIpc) is 3.18. The number of nitro benzene ring substituents is 1. The summed E-state index contributed by atoms with van der Waals surface area (Å²) >= 11 is 0. The van der Waals surface area contributed by atoms with Crippen molar-refractivity contribution in [2.45, 2.75) is 6.18 Å². The first-order chi connectivity index (χ1) is 15.2. The summed E-state index contributed by atoms with van der Waals surface area (Å²) in [6.07, 6.45) is -1.46. The lowest BCUT2D eigenvalue weighted by Gasteiger charge is -2.11. The first kappa shape index (κ1) is 20.8. The lowest BCUT2D eigenvalue weighted by atomic mass is 10.2. The Labute approximate surface area is 177 Å². The summed E-state index contributed by atoms with van der Waals surface area (Å²) in [6.45, 7) is 0. The highest BCUT2D eigenvalue weighted by molar-refractivity contribution is 6.03. The van der Waals surface area contributed by atoms with E-state index in [1.165, 1.54) is 28.9 Å². The SMILES string of the molecule is O=C(Nc1cc(Oc2cccc(C(F)(F)F)c2)cc([N+](=O)[O-])c1)c1cc2ncccn2n1. The minimum atomic E-state index is -4.58. The Morgan fingerprint density at radius 3 is 2.62 bits per heavy atom. The van der Waals surface area contributed by atoms with E-state index in [-0.39, 0.29) is 22.9 Å². The minimum absolute atomic E-state index is 0.00353. The van der Waals surface area contributed by atoms with E-state index >= 15 is 0 Å². The number of carbonyl (C=O) groups is 1. The molecule has 12 heteroatoms. The van der Waals surface area contributed by atoms with E-state index in [1.807, 2.05) is 0 Å². The highest BCUT2D eigenvalue weighted by Crippen LogP contribution is 2.34. The van der Waals surface area contributed by atoms with E-state index in [4.69, 9.17) is 4.74 Å². The van der Waals surface area contributed by atoms with Gasteiger partial charge >= 0.3 is 6.18 Å². The molecule has 0 saturated carbocycles. The zero-order valence-corrected chi connectivity index (χ0v) is 15.9. The van der Waals surface area contributed by atoms with E-state index in [1.54, 1.807) is 12.3 Å². The number of alkyl halides is 3. The number of nitro groups is 1. The number of nitrogens with one attached hydrogen (secondary N) is 1. The Balaban J connectivity index is 1.62. The molecule has 0 radical (unpaired) electrons. The van der Waals surface area contributed by atoms with Crippen molar-refractivity contribution in [3.05, 3.63) is 88.4 Å². The van der Waals surface area contributed by atoms with Crippen molar-refractivity contribution >= 4 is 22.9 Å². The van der Waals surface area contributed by atoms with Crippen molar-refractivity contribution in [3.8, 4) is 11.5 Å². The van der Waals surface area contributed by atoms with Crippen molar-refractivity contribution in [1.82, 2.24) is 14.6 Å². The van der Waals surface area contributed by atoms with Gasteiger partial charge < -0.3 is 10.1 Å². The fourth-order valence-corrected chi connectivity index (χ4v) is 2.83. The number of halogens is 3. The Morgan fingerprint density at radius 1 is 1.09 bits per heavy atom. The Kier molecular flexibility index (Phi) is 5.18. The molecule has 1 N–H and O–H groups in total. The number of non-ortho nitro benzene ring substituents is 1. The molecule has 0 saturated heterocycles. The number of fused-ring (bicyclic) bond motifs is 1. The highest BCUT2D eigenvalue weighted by Gasteiger charge is 2.30. The van der Waals surface area contributed by atoms with Gasteiger partial charge in [0.1, 0.15) is 11.5 Å². The summed E-state index contributed by atoms with van der Waals surface area (Å²) in [5, 5.41) is 17.8. The van der Waals surface area contributed by atoms with E-state index in [0.717, 1.165) is 30.3 Å². The Morgan fingerprint density at radius 2 is 1.91 bits per heavy atom. The number of hydrogen-bond donors (Lipinski definition) is 1. The third-order valence-corrected chi connectivity index (χ3v) is 4.23. The highest BCUT2D eigenvalue weighted by atomic mass is 19.4. The molecule has 0 aliphatic rings. The molecule has 0 atom stereocenters. The number of rotatable bonds is 5. The number of aromatic nitrogens is 3. The molecule has 0 aliphatic carbocycles. The molecule has 1 amide bonds. The molecule has 9 nitrogen and oxygen atoms in total. The van der Waals surface area contributed by atoms with Crippen LogP contribution in [-0.2, 0) is 6.18 Å². The molecule has 4 aromatic rings. The zero-order chi connectivity index (χ0) is 22.9. The number of hydrogen-bond acceptors (Lipinski definition) is 6. The first-order valence-electron chi connectivity index (χ1n) is 8.95. The predicted molar refractivity (Wildman–Crippen MR) is 106 cm³/mol. The van der Waals surface area contributed by atoms with Crippen molar-refractivity contribution in [2.24, 2.45) is 0 Å². The van der Waals surface area contributed by atoms with Gasteiger partial charge in [0.05, 0.1) is 22.2 Å². The van der Waals surface area contributed by atoms with Gasteiger partial charge in [0.15, 0.2) is 11.3 Å². The smallest absolute Gasteiger partial charge is 0.416 e.